The summed E-state index contributed by atoms with van der Waals surface area (Å²) < 4.78 is 8.76. The Kier molecular flexibility index (Phi) is 7.99. The highest BCUT2D eigenvalue weighted by Crippen LogP contribution is 2.19. The summed E-state index contributed by atoms with van der Waals surface area (Å²) >= 11 is 0. The van der Waals surface area contributed by atoms with E-state index in [0.717, 1.165) is 25.3 Å². The number of rotatable bonds is 5. The van der Waals surface area contributed by atoms with Crippen molar-refractivity contribution in [1.29, 1.82) is 0 Å². The van der Waals surface area contributed by atoms with E-state index in [-0.39, 0.29) is 27.9 Å². The SMILES string of the molecule is COC(=O)c1cc(N)ccc1C(=O)O.COC(=O)c1cc([N+](=O)[O-])ccc1C(=O)O. The van der Waals surface area contributed by atoms with Crippen LogP contribution in [0.2, 0.25) is 0 Å². The number of nitrogens with two attached hydrogens (primary N) is 1. The summed E-state index contributed by atoms with van der Waals surface area (Å²) in [6, 6.07) is 6.83. The topological polar surface area (TPSA) is 196 Å². The van der Waals surface area contributed by atoms with Crippen LogP contribution in [0.4, 0.5) is 11.4 Å². The van der Waals surface area contributed by atoms with Crippen molar-refractivity contribution in [3.63, 3.8) is 0 Å². The molecule has 2 rings (SSSR count). The van der Waals surface area contributed by atoms with Gasteiger partial charge in [0.1, 0.15) is 0 Å². The maximum atomic E-state index is 11.2. The van der Waals surface area contributed by atoms with E-state index in [2.05, 4.69) is 9.47 Å². The molecule has 0 unspecified atom stereocenters. The third kappa shape index (κ3) is 5.76. The summed E-state index contributed by atoms with van der Waals surface area (Å²) in [6.45, 7) is 0. The average Bonchev–Trinajstić information content (AvgIpc) is 2.72. The normalized spacial score (nSPS) is 9.53. The first-order chi connectivity index (χ1) is 14.0. The highest BCUT2D eigenvalue weighted by molar-refractivity contribution is 6.03. The molecule has 30 heavy (non-hydrogen) atoms. The lowest BCUT2D eigenvalue weighted by molar-refractivity contribution is -0.384. The molecule has 0 aromatic heterocycles. The molecule has 0 fully saturated rings. The minimum absolute atomic E-state index is 0.0417. The third-order valence-corrected chi connectivity index (χ3v) is 3.53. The second-order valence-corrected chi connectivity index (χ2v) is 5.39. The number of ether oxygens (including phenoxy) is 2. The summed E-state index contributed by atoms with van der Waals surface area (Å²) in [5.41, 5.74) is 4.52. The van der Waals surface area contributed by atoms with Crippen molar-refractivity contribution in [2.24, 2.45) is 0 Å². The fourth-order valence-corrected chi connectivity index (χ4v) is 2.14. The van der Waals surface area contributed by atoms with E-state index < -0.39 is 28.8 Å². The van der Waals surface area contributed by atoms with E-state index in [1.807, 2.05) is 0 Å². The molecule has 0 spiro atoms. The number of aromatic carboxylic acids is 2. The van der Waals surface area contributed by atoms with Crippen LogP contribution in [0, 0.1) is 10.1 Å². The molecule has 12 heteroatoms. The number of nitro benzene ring substituents is 1. The Bertz CT molecular complexity index is 1020. The Morgan fingerprint density at radius 2 is 1.27 bits per heavy atom. The molecule has 158 valence electrons. The van der Waals surface area contributed by atoms with Gasteiger partial charge in [-0.15, -0.1) is 0 Å². The van der Waals surface area contributed by atoms with E-state index >= 15 is 0 Å². The summed E-state index contributed by atoms with van der Waals surface area (Å²) in [5.74, 6) is -4.18. The predicted molar refractivity (Wildman–Crippen MR) is 101 cm³/mol. The molecule has 0 aliphatic carbocycles. The summed E-state index contributed by atoms with van der Waals surface area (Å²) in [6.07, 6.45) is 0. The number of non-ortho nitro benzene ring substituents is 1. The van der Waals surface area contributed by atoms with Gasteiger partial charge in [-0.05, 0) is 24.3 Å². The molecular formula is C18H16N2O10. The van der Waals surface area contributed by atoms with Gasteiger partial charge in [0.2, 0.25) is 0 Å². The van der Waals surface area contributed by atoms with Crippen LogP contribution in [-0.2, 0) is 9.47 Å². The second kappa shape index (κ2) is 10.2. The Morgan fingerprint density at radius 3 is 1.67 bits per heavy atom. The fraction of sp³-hybridized carbons (Fsp3) is 0.111. The molecule has 2 aromatic carbocycles. The first-order valence-electron chi connectivity index (χ1n) is 7.84. The number of methoxy groups -OCH3 is 2. The van der Waals surface area contributed by atoms with Gasteiger partial charge in [-0.2, -0.15) is 0 Å². The molecular weight excluding hydrogens is 404 g/mol. The smallest absolute Gasteiger partial charge is 0.338 e. The standard InChI is InChI=1S/C9H7NO6.C9H9NO4/c1-16-9(13)7-4-5(10(14)15)2-3-6(7)8(11)12;1-14-9(13)7-4-5(10)2-3-6(7)8(11)12/h2-4H,1H3,(H,11,12);2-4H,10H2,1H3,(H,11,12). The van der Waals surface area contributed by atoms with Crippen molar-refractivity contribution in [3.05, 3.63) is 68.8 Å². The molecule has 0 atom stereocenters. The zero-order chi connectivity index (χ0) is 23.0. The van der Waals surface area contributed by atoms with Gasteiger partial charge in [0.05, 0.1) is 41.4 Å². The number of nitrogen functional groups attached to an aromatic ring is 1. The molecule has 0 saturated carbocycles. The number of benzene rings is 2. The summed E-state index contributed by atoms with van der Waals surface area (Å²) in [5, 5.41) is 28.0. The van der Waals surface area contributed by atoms with Crippen molar-refractivity contribution in [2.45, 2.75) is 0 Å². The number of carbonyl (C=O) groups excluding carboxylic acids is 2. The number of nitrogens with zero attached hydrogens (tertiary/aromatic N) is 1. The lowest BCUT2D eigenvalue weighted by atomic mass is 10.1. The van der Waals surface area contributed by atoms with E-state index in [1.165, 1.54) is 25.3 Å². The Hall–Kier alpha value is -4.48. The molecule has 2 aromatic rings. The van der Waals surface area contributed by atoms with Crippen LogP contribution in [0.5, 0.6) is 0 Å². The van der Waals surface area contributed by atoms with Gasteiger partial charge < -0.3 is 25.4 Å². The minimum atomic E-state index is -1.35. The van der Waals surface area contributed by atoms with Crippen molar-refractivity contribution >= 4 is 35.3 Å². The number of carboxylic acids is 2. The van der Waals surface area contributed by atoms with E-state index in [0.29, 0.717) is 5.69 Å². The van der Waals surface area contributed by atoms with Crippen LogP contribution >= 0.6 is 0 Å². The molecule has 0 saturated heterocycles. The molecule has 0 aliphatic rings. The number of carbonyl (C=O) groups is 4. The molecule has 0 amide bonds. The van der Waals surface area contributed by atoms with Crippen molar-refractivity contribution in [2.75, 3.05) is 20.0 Å². The fourth-order valence-electron chi connectivity index (χ4n) is 2.14. The molecule has 0 heterocycles. The molecule has 0 radical (unpaired) electrons. The lowest BCUT2D eigenvalue weighted by Gasteiger charge is -2.04. The lowest BCUT2D eigenvalue weighted by Crippen LogP contribution is -2.10. The average molecular weight is 420 g/mol. The highest BCUT2D eigenvalue weighted by Gasteiger charge is 2.21. The summed E-state index contributed by atoms with van der Waals surface area (Å²) in [7, 11) is 2.24. The van der Waals surface area contributed by atoms with Gasteiger partial charge in [-0.1, -0.05) is 0 Å². The number of esters is 2. The second-order valence-electron chi connectivity index (χ2n) is 5.39. The van der Waals surface area contributed by atoms with Crippen molar-refractivity contribution < 1.29 is 43.8 Å². The zero-order valence-electron chi connectivity index (χ0n) is 15.6. The van der Waals surface area contributed by atoms with Gasteiger partial charge in [-0.3, -0.25) is 10.1 Å². The maximum absolute atomic E-state index is 11.2. The first kappa shape index (κ1) is 23.6. The number of carboxylic acid groups (broad SMARTS) is 2. The molecule has 0 bridgehead atoms. The minimum Gasteiger partial charge on any atom is -0.478 e. The van der Waals surface area contributed by atoms with E-state index in [1.54, 1.807) is 0 Å². The largest absolute Gasteiger partial charge is 0.478 e. The van der Waals surface area contributed by atoms with Crippen LogP contribution in [0.15, 0.2) is 36.4 Å². The van der Waals surface area contributed by atoms with Gasteiger partial charge in [0.15, 0.2) is 0 Å². The quantitative estimate of drug-likeness (QED) is 0.276. The number of nitro groups is 1. The van der Waals surface area contributed by atoms with Gasteiger partial charge in [0.25, 0.3) is 5.69 Å². The maximum Gasteiger partial charge on any atom is 0.338 e. The highest BCUT2D eigenvalue weighted by atomic mass is 16.6. The van der Waals surface area contributed by atoms with Crippen LogP contribution in [-0.4, -0.2) is 53.2 Å². The number of hydrogen-bond acceptors (Lipinski definition) is 9. The Morgan fingerprint density at radius 1 is 0.833 bits per heavy atom. The van der Waals surface area contributed by atoms with E-state index in [4.69, 9.17) is 15.9 Å². The monoisotopic (exact) mass is 420 g/mol. The van der Waals surface area contributed by atoms with Gasteiger partial charge >= 0.3 is 23.9 Å². The number of hydrogen-bond donors (Lipinski definition) is 3. The first-order valence-corrected chi connectivity index (χ1v) is 7.84. The van der Waals surface area contributed by atoms with Crippen LogP contribution in [0.3, 0.4) is 0 Å². The van der Waals surface area contributed by atoms with Gasteiger partial charge in [0, 0.05) is 17.8 Å². The Balaban J connectivity index is 0.000000303. The summed E-state index contributed by atoms with van der Waals surface area (Å²) in [4.78, 5) is 53.5. The van der Waals surface area contributed by atoms with E-state index in [9.17, 15) is 29.3 Å². The molecule has 12 nitrogen and oxygen atoms in total. The molecule has 0 aliphatic heterocycles. The predicted octanol–water partition coefficient (Wildman–Crippen LogP) is 1.83. The third-order valence-electron chi connectivity index (χ3n) is 3.53. The zero-order valence-corrected chi connectivity index (χ0v) is 15.6. The van der Waals surface area contributed by atoms with Crippen molar-refractivity contribution in [1.82, 2.24) is 0 Å². The molecule has 4 N–H and O–H groups in total. The number of anilines is 1. The van der Waals surface area contributed by atoms with Gasteiger partial charge in [-0.25, -0.2) is 19.2 Å². The van der Waals surface area contributed by atoms with Crippen LogP contribution in [0.1, 0.15) is 41.4 Å². The van der Waals surface area contributed by atoms with Crippen molar-refractivity contribution in [3.8, 4) is 0 Å². The van der Waals surface area contributed by atoms with Crippen LogP contribution < -0.4 is 5.73 Å². The van der Waals surface area contributed by atoms with Crippen LogP contribution in [0.25, 0.3) is 0 Å². The Labute approximate surface area is 168 Å².